The van der Waals surface area contributed by atoms with Crippen molar-refractivity contribution < 1.29 is 84.7 Å². The van der Waals surface area contributed by atoms with E-state index in [9.17, 15) is 47.7 Å². The summed E-state index contributed by atoms with van der Waals surface area (Å²) in [4.78, 5) is 97.8. The lowest BCUT2D eigenvalue weighted by Gasteiger charge is -2.20. The van der Waals surface area contributed by atoms with Crippen LogP contribution in [0.4, 0.5) is 0 Å². The molecule has 0 saturated heterocycles. The van der Waals surface area contributed by atoms with Crippen LogP contribution in [0.2, 0.25) is 0 Å². The average molecular weight is 1580 g/mol. The second-order valence-electron chi connectivity index (χ2n) is 29.7. The van der Waals surface area contributed by atoms with Gasteiger partial charge in [0.25, 0.3) is 0 Å². The average Bonchev–Trinajstić information content (AvgIpc) is 0.915. The summed E-state index contributed by atoms with van der Waals surface area (Å²) in [7, 11) is -9.47. The molecule has 0 spiro atoms. The number of rotatable bonds is 84. The van der Waals surface area contributed by atoms with E-state index < -0.39 is 90.0 Å². The number of carbonyl (C=O) groups is 6. The second-order valence-corrected chi connectivity index (χ2v) is 32.6. The van der Waals surface area contributed by atoms with Crippen LogP contribution in [0, 0.1) is 0 Å². The molecule has 4 atom stereocenters. The zero-order chi connectivity index (χ0) is 79.7. The molecule has 0 heterocycles. The van der Waals surface area contributed by atoms with Crippen LogP contribution in [0.25, 0.3) is 0 Å². The van der Waals surface area contributed by atoms with E-state index >= 15 is 0 Å². The molecule has 4 unspecified atom stereocenters. The van der Waals surface area contributed by atoms with Crippen LogP contribution >= 0.6 is 15.6 Å². The van der Waals surface area contributed by atoms with Gasteiger partial charge in [-0.25, -0.2) is 9.13 Å². The van der Waals surface area contributed by atoms with E-state index in [4.69, 9.17) is 37.0 Å². The Kier molecular flexibility index (Phi) is 77.6. The molecule has 0 aliphatic carbocycles. The minimum Gasteiger partial charge on any atom is -0.462 e. The second kappa shape index (κ2) is 80.6. The Hall–Kier alpha value is -4.00. The normalized spacial score (nSPS) is 13.5. The molecule has 0 bridgehead atoms. The van der Waals surface area contributed by atoms with E-state index in [1.807, 2.05) is 0 Å². The molecule has 0 aromatic carbocycles. The summed E-state index contributed by atoms with van der Waals surface area (Å²) >= 11 is 0. The third-order valence-electron chi connectivity index (χ3n) is 19.0. The number of esters is 4. The standard InChI is InChI=1S/C87H160N2O18P2/c1-5-9-13-17-21-25-29-33-37-41-45-49-53-57-61-68-84(92)100-76-80(106-86(94)70-63-59-55-51-47-43-39-35-31-27-23-19-15-11-7-3)78-104-108(96,97)102-74-72-88-82(90)66-65-67-83(91)89-73-75-103-109(98,99)105-79-81(107-87(95)71-64-60-56-52-48-44-40-36-32-28-24-20-16-12-8-4)77-101-85(93)69-62-58-54-50-46-42-38-34-30-26-22-18-14-10-6-2/h33-40,80-81H,5-32,41-79H2,1-4H3,(H,88,90)(H,89,91)(H,96,97)(H,98,99)/b37-33-,38-34-,39-35-,40-36-. The first kappa shape index (κ1) is 105. The van der Waals surface area contributed by atoms with Crippen LogP contribution in [0.3, 0.4) is 0 Å². The first-order valence-corrected chi connectivity index (χ1v) is 47.1. The molecular weight excluding hydrogens is 1420 g/mol. The van der Waals surface area contributed by atoms with Crippen LogP contribution in [-0.2, 0) is 74.9 Å². The first-order valence-electron chi connectivity index (χ1n) is 44.1. The van der Waals surface area contributed by atoms with Crippen molar-refractivity contribution in [3.8, 4) is 0 Å². The molecule has 0 radical (unpaired) electrons. The highest BCUT2D eigenvalue weighted by molar-refractivity contribution is 7.47. The zero-order valence-electron chi connectivity index (χ0n) is 69.5. The molecule has 0 fully saturated rings. The van der Waals surface area contributed by atoms with E-state index in [0.717, 1.165) is 154 Å². The Morgan fingerprint density at radius 3 is 0.743 bits per heavy atom. The van der Waals surface area contributed by atoms with Crippen molar-refractivity contribution in [1.82, 2.24) is 10.6 Å². The van der Waals surface area contributed by atoms with Gasteiger partial charge in [0.1, 0.15) is 13.2 Å². The van der Waals surface area contributed by atoms with E-state index in [1.54, 1.807) is 0 Å². The zero-order valence-corrected chi connectivity index (χ0v) is 71.3. The minimum atomic E-state index is -4.73. The van der Waals surface area contributed by atoms with Crippen molar-refractivity contribution in [2.24, 2.45) is 0 Å². The first-order chi connectivity index (χ1) is 53.1. The summed E-state index contributed by atoms with van der Waals surface area (Å²) in [5, 5.41) is 5.12. The van der Waals surface area contributed by atoms with Crippen LogP contribution in [0.15, 0.2) is 48.6 Å². The largest absolute Gasteiger partial charge is 0.472 e. The molecule has 0 aliphatic rings. The van der Waals surface area contributed by atoms with Gasteiger partial charge in [0.2, 0.25) is 11.8 Å². The number of hydrogen-bond acceptors (Lipinski definition) is 16. The lowest BCUT2D eigenvalue weighted by atomic mass is 10.1. The third kappa shape index (κ3) is 80.4. The Balaban J connectivity index is 5.03. The maximum atomic E-state index is 13.0. The SMILES string of the molecule is CCCCCCCC/C=C\CCCCCCCC(=O)OCC(COP(=O)(O)OCCNC(=O)CCCC(=O)NCCOP(=O)(O)OCC(COC(=O)CCCCCCC/C=C\CCCCCCCC)OC(=O)CCCCCCC/C=C\CCCCCCCC)OC(=O)CCCCCCC/C=C\CCCCCCCC. The Labute approximate surface area is 663 Å². The van der Waals surface area contributed by atoms with Crippen LogP contribution < -0.4 is 10.6 Å². The number of phosphoric ester groups is 2. The van der Waals surface area contributed by atoms with Crippen molar-refractivity contribution in [1.29, 1.82) is 0 Å². The lowest BCUT2D eigenvalue weighted by Crippen LogP contribution is -2.30. The molecule has 109 heavy (non-hydrogen) atoms. The van der Waals surface area contributed by atoms with E-state index in [2.05, 4.69) is 86.9 Å². The smallest absolute Gasteiger partial charge is 0.462 e. The predicted molar refractivity (Wildman–Crippen MR) is 443 cm³/mol. The van der Waals surface area contributed by atoms with Crippen molar-refractivity contribution in [3.05, 3.63) is 48.6 Å². The molecule has 22 heteroatoms. The predicted octanol–water partition coefficient (Wildman–Crippen LogP) is 23.7. The van der Waals surface area contributed by atoms with Crippen molar-refractivity contribution in [3.63, 3.8) is 0 Å². The number of phosphoric acid groups is 2. The molecule has 636 valence electrons. The highest BCUT2D eigenvalue weighted by Gasteiger charge is 2.28. The molecule has 4 N–H and O–H groups in total. The Morgan fingerprint density at radius 2 is 0.495 bits per heavy atom. The molecule has 0 rings (SSSR count). The topological polar surface area (TPSA) is 275 Å². The fourth-order valence-electron chi connectivity index (χ4n) is 12.3. The highest BCUT2D eigenvalue weighted by atomic mass is 31.2. The number of amides is 2. The van der Waals surface area contributed by atoms with Gasteiger partial charge in [-0.3, -0.25) is 46.9 Å². The van der Waals surface area contributed by atoms with Gasteiger partial charge in [-0.1, -0.05) is 282 Å². The summed E-state index contributed by atoms with van der Waals surface area (Å²) in [6, 6.07) is 0. The number of nitrogens with one attached hydrogen (secondary N) is 2. The molecule has 0 aromatic rings. The summed E-state index contributed by atoms with van der Waals surface area (Å²) in [5.74, 6) is -2.95. The molecule has 0 saturated carbocycles. The summed E-state index contributed by atoms with van der Waals surface area (Å²) in [5.41, 5.74) is 0. The van der Waals surface area contributed by atoms with E-state index in [0.29, 0.717) is 25.7 Å². The fourth-order valence-corrected chi connectivity index (χ4v) is 13.8. The van der Waals surface area contributed by atoms with Gasteiger partial charge in [-0.2, -0.15) is 0 Å². The number of carbonyl (C=O) groups excluding carboxylic acids is 6. The number of hydrogen-bond donors (Lipinski definition) is 4. The molecule has 0 aliphatic heterocycles. The highest BCUT2D eigenvalue weighted by Crippen LogP contribution is 2.44. The van der Waals surface area contributed by atoms with Gasteiger partial charge in [-0.05, 0) is 135 Å². The van der Waals surface area contributed by atoms with Gasteiger partial charge in [0, 0.05) is 51.6 Å². The van der Waals surface area contributed by atoms with Gasteiger partial charge >= 0.3 is 39.5 Å². The number of allylic oxidation sites excluding steroid dienone is 8. The van der Waals surface area contributed by atoms with Gasteiger partial charge in [0.15, 0.2) is 12.2 Å². The number of unbranched alkanes of at least 4 members (excludes halogenated alkanes) is 44. The molecule has 0 aromatic heterocycles. The molecular formula is C87H160N2O18P2. The van der Waals surface area contributed by atoms with Crippen molar-refractivity contribution >= 4 is 51.3 Å². The van der Waals surface area contributed by atoms with Crippen molar-refractivity contribution in [2.75, 3.05) is 52.7 Å². The lowest BCUT2D eigenvalue weighted by molar-refractivity contribution is -0.161. The van der Waals surface area contributed by atoms with Crippen molar-refractivity contribution in [2.45, 2.75) is 419 Å². The molecule has 20 nitrogen and oxygen atoms in total. The quantitative estimate of drug-likeness (QED) is 0.0145. The Morgan fingerprint density at radius 1 is 0.275 bits per heavy atom. The van der Waals surface area contributed by atoms with Gasteiger partial charge in [-0.15, -0.1) is 0 Å². The summed E-state index contributed by atoms with van der Waals surface area (Å²) < 4.78 is 68.6. The van der Waals surface area contributed by atoms with Gasteiger partial charge in [0.05, 0.1) is 26.4 Å². The van der Waals surface area contributed by atoms with Crippen LogP contribution in [0.1, 0.15) is 407 Å². The van der Waals surface area contributed by atoms with E-state index in [-0.39, 0.29) is 71.2 Å². The Bertz CT molecular complexity index is 2210. The summed E-state index contributed by atoms with van der Waals surface area (Å²) in [6.45, 7) is 5.84. The van der Waals surface area contributed by atoms with E-state index in [1.165, 1.54) is 154 Å². The monoisotopic (exact) mass is 1580 g/mol. The van der Waals surface area contributed by atoms with Crippen LogP contribution in [0.5, 0.6) is 0 Å². The third-order valence-corrected chi connectivity index (χ3v) is 21.0. The minimum absolute atomic E-state index is 0.0763. The number of ether oxygens (including phenoxy) is 4. The molecule has 2 amide bonds. The fraction of sp³-hybridized carbons (Fsp3) is 0.839. The van der Waals surface area contributed by atoms with Gasteiger partial charge < -0.3 is 39.4 Å². The maximum absolute atomic E-state index is 13.0. The van der Waals surface area contributed by atoms with Crippen LogP contribution in [-0.4, -0.2) is 110 Å². The maximum Gasteiger partial charge on any atom is 0.472 e. The summed E-state index contributed by atoms with van der Waals surface area (Å²) in [6.07, 6.45) is 74.8.